The molecule has 1 amide bonds. The van der Waals surface area contributed by atoms with Gasteiger partial charge >= 0.3 is 0 Å². The van der Waals surface area contributed by atoms with Crippen LogP contribution < -0.4 is 16.0 Å². The third kappa shape index (κ3) is 3.64. The zero-order valence-electron chi connectivity index (χ0n) is 12.1. The zero-order valence-corrected chi connectivity index (χ0v) is 13.0. The summed E-state index contributed by atoms with van der Waals surface area (Å²) in [6.07, 6.45) is 2.34. The number of nitrogen functional groups attached to an aromatic ring is 1. The van der Waals surface area contributed by atoms with E-state index in [9.17, 15) is 4.79 Å². The molecule has 1 aromatic heterocycles. The number of nitrogens with one attached hydrogen (secondary N) is 1. The van der Waals surface area contributed by atoms with Gasteiger partial charge < -0.3 is 20.7 Å². The molecule has 0 bridgehead atoms. The van der Waals surface area contributed by atoms with Crippen LogP contribution in [0.4, 0.5) is 10.7 Å². The van der Waals surface area contributed by atoms with Gasteiger partial charge in [-0.3, -0.25) is 4.79 Å². The van der Waals surface area contributed by atoms with Gasteiger partial charge in [0.25, 0.3) is 5.91 Å². The van der Waals surface area contributed by atoms with Crippen molar-refractivity contribution in [2.75, 3.05) is 44.0 Å². The third-order valence-electron chi connectivity index (χ3n) is 3.45. The Morgan fingerprint density at radius 3 is 3.10 bits per heavy atom. The van der Waals surface area contributed by atoms with Crippen molar-refractivity contribution in [2.24, 2.45) is 5.92 Å². The maximum absolute atomic E-state index is 11.9. The molecule has 1 aliphatic heterocycles. The molecule has 0 radical (unpaired) electrons. The van der Waals surface area contributed by atoms with Gasteiger partial charge in [0.2, 0.25) is 0 Å². The topological polar surface area (TPSA) is 67.6 Å². The van der Waals surface area contributed by atoms with E-state index < -0.39 is 0 Å². The molecular weight excluding hydrogens is 274 g/mol. The van der Waals surface area contributed by atoms with Gasteiger partial charge in [-0.05, 0) is 31.7 Å². The Hall–Kier alpha value is -1.27. The summed E-state index contributed by atoms with van der Waals surface area (Å²) < 4.78 is 5.51. The Labute approximate surface area is 124 Å². The summed E-state index contributed by atoms with van der Waals surface area (Å²) in [7, 11) is 2.04. The molecule has 1 aromatic rings. The summed E-state index contributed by atoms with van der Waals surface area (Å²) in [5.41, 5.74) is 6.50. The maximum atomic E-state index is 11.9. The molecule has 0 spiro atoms. The standard InChI is InChI=1S/C14H23N3O2S/c1-3-16-14(18)13-11(15)7-12(20-13)17(2)8-10-5-4-6-19-9-10/h7,10H,3-6,8-9,15H2,1-2H3,(H,16,18). The van der Waals surface area contributed by atoms with E-state index in [1.54, 1.807) is 0 Å². The predicted molar refractivity (Wildman–Crippen MR) is 83.6 cm³/mol. The molecule has 0 aromatic carbocycles. The van der Waals surface area contributed by atoms with Crippen molar-refractivity contribution >= 4 is 27.9 Å². The molecule has 5 nitrogen and oxygen atoms in total. The molecule has 20 heavy (non-hydrogen) atoms. The lowest BCUT2D eigenvalue weighted by Crippen LogP contribution is -2.30. The first-order valence-corrected chi connectivity index (χ1v) is 7.89. The van der Waals surface area contributed by atoms with Gasteiger partial charge in [-0.1, -0.05) is 0 Å². The van der Waals surface area contributed by atoms with Crippen LogP contribution in [0, 0.1) is 5.92 Å². The summed E-state index contributed by atoms with van der Waals surface area (Å²) in [5.74, 6) is 0.473. The molecule has 1 fully saturated rings. The van der Waals surface area contributed by atoms with Crippen molar-refractivity contribution < 1.29 is 9.53 Å². The number of nitrogens with two attached hydrogens (primary N) is 1. The summed E-state index contributed by atoms with van der Waals surface area (Å²) in [5, 5.41) is 3.83. The minimum atomic E-state index is -0.0874. The van der Waals surface area contributed by atoms with E-state index in [-0.39, 0.29) is 5.91 Å². The van der Waals surface area contributed by atoms with Gasteiger partial charge in [-0.25, -0.2) is 0 Å². The van der Waals surface area contributed by atoms with Crippen LogP contribution >= 0.6 is 11.3 Å². The molecule has 2 rings (SSSR count). The highest BCUT2D eigenvalue weighted by molar-refractivity contribution is 7.18. The highest BCUT2D eigenvalue weighted by Crippen LogP contribution is 2.32. The Morgan fingerprint density at radius 2 is 2.45 bits per heavy atom. The lowest BCUT2D eigenvalue weighted by atomic mass is 10.0. The van der Waals surface area contributed by atoms with Gasteiger partial charge in [0, 0.05) is 26.7 Å². The quantitative estimate of drug-likeness (QED) is 0.871. The smallest absolute Gasteiger partial charge is 0.263 e. The number of carbonyl (C=O) groups excluding carboxylic acids is 1. The van der Waals surface area contributed by atoms with Crippen molar-refractivity contribution in [3.05, 3.63) is 10.9 Å². The van der Waals surface area contributed by atoms with Crippen LogP contribution in [0.5, 0.6) is 0 Å². The molecule has 0 aliphatic carbocycles. The first-order valence-electron chi connectivity index (χ1n) is 7.08. The van der Waals surface area contributed by atoms with Crippen LogP contribution in [-0.4, -0.2) is 39.3 Å². The largest absolute Gasteiger partial charge is 0.397 e. The Kier molecular flexibility index (Phi) is 5.25. The molecular formula is C14H23N3O2S. The fraction of sp³-hybridized carbons (Fsp3) is 0.643. The van der Waals surface area contributed by atoms with Gasteiger partial charge in [0.1, 0.15) is 4.88 Å². The van der Waals surface area contributed by atoms with Crippen LogP contribution in [0.25, 0.3) is 0 Å². The fourth-order valence-corrected chi connectivity index (χ4v) is 3.39. The molecule has 0 saturated carbocycles. The van der Waals surface area contributed by atoms with Crippen molar-refractivity contribution in [1.29, 1.82) is 0 Å². The number of ether oxygens (including phenoxy) is 1. The second kappa shape index (κ2) is 6.95. The Balaban J connectivity index is 2.00. The minimum absolute atomic E-state index is 0.0874. The fourth-order valence-electron chi connectivity index (χ4n) is 2.43. The molecule has 2 heterocycles. The lowest BCUT2D eigenvalue weighted by Gasteiger charge is -2.27. The average molecular weight is 297 g/mol. The number of hydrogen-bond donors (Lipinski definition) is 2. The Morgan fingerprint density at radius 1 is 1.65 bits per heavy atom. The molecule has 1 aliphatic rings. The van der Waals surface area contributed by atoms with Crippen LogP contribution in [0.1, 0.15) is 29.4 Å². The molecule has 1 saturated heterocycles. The van der Waals surface area contributed by atoms with Crippen LogP contribution in [0.2, 0.25) is 0 Å². The first kappa shape index (κ1) is 15.1. The molecule has 112 valence electrons. The number of hydrogen-bond acceptors (Lipinski definition) is 5. The Bertz CT molecular complexity index is 455. The second-order valence-electron chi connectivity index (χ2n) is 5.19. The van der Waals surface area contributed by atoms with Crippen LogP contribution in [0.15, 0.2) is 6.07 Å². The number of nitrogens with zero attached hydrogens (tertiary/aromatic N) is 1. The SMILES string of the molecule is CCNC(=O)c1sc(N(C)CC2CCCOC2)cc1N. The molecule has 3 N–H and O–H groups in total. The predicted octanol–water partition coefficient (Wildman–Crippen LogP) is 1.94. The number of rotatable bonds is 5. The van der Waals surface area contributed by atoms with E-state index in [4.69, 9.17) is 10.5 Å². The average Bonchev–Trinajstić information content (AvgIpc) is 2.82. The third-order valence-corrected chi connectivity index (χ3v) is 4.72. The highest BCUT2D eigenvalue weighted by atomic mass is 32.1. The highest BCUT2D eigenvalue weighted by Gasteiger charge is 2.19. The van der Waals surface area contributed by atoms with Crippen molar-refractivity contribution in [3.8, 4) is 0 Å². The summed E-state index contributed by atoms with van der Waals surface area (Å²) in [6, 6.07) is 1.89. The van der Waals surface area contributed by atoms with E-state index in [1.807, 2.05) is 20.0 Å². The van der Waals surface area contributed by atoms with Gasteiger partial charge in [0.05, 0.1) is 17.3 Å². The van der Waals surface area contributed by atoms with E-state index in [0.29, 0.717) is 23.0 Å². The zero-order chi connectivity index (χ0) is 14.5. The van der Waals surface area contributed by atoms with E-state index in [2.05, 4.69) is 10.2 Å². The molecule has 6 heteroatoms. The van der Waals surface area contributed by atoms with Crippen LogP contribution in [0.3, 0.4) is 0 Å². The second-order valence-corrected chi connectivity index (χ2v) is 6.22. The van der Waals surface area contributed by atoms with Crippen molar-refractivity contribution in [1.82, 2.24) is 5.32 Å². The molecule has 1 unspecified atom stereocenters. The van der Waals surface area contributed by atoms with Crippen molar-refractivity contribution in [2.45, 2.75) is 19.8 Å². The van der Waals surface area contributed by atoms with Gasteiger partial charge in [-0.2, -0.15) is 0 Å². The molecule has 1 atom stereocenters. The van der Waals surface area contributed by atoms with E-state index in [0.717, 1.165) is 31.2 Å². The number of anilines is 2. The first-order chi connectivity index (χ1) is 9.61. The maximum Gasteiger partial charge on any atom is 0.263 e. The number of thiophene rings is 1. The van der Waals surface area contributed by atoms with Crippen LogP contribution in [-0.2, 0) is 4.74 Å². The lowest BCUT2D eigenvalue weighted by molar-refractivity contribution is 0.0577. The summed E-state index contributed by atoms with van der Waals surface area (Å²) >= 11 is 1.45. The number of carbonyl (C=O) groups is 1. The normalized spacial score (nSPS) is 18.8. The van der Waals surface area contributed by atoms with E-state index in [1.165, 1.54) is 17.8 Å². The summed E-state index contributed by atoms with van der Waals surface area (Å²) in [6.45, 7) is 5.16. The minimum Gasteiger partial charge on any atom is -0.397 e. The monoisotopic (exact) mass is 297 g/mol. The van der Waals surface area contributed by atoms with Crippen molar-refractivity contribution in [3.63, 3.8) is 0 Å². The van der Waals surface area contributed by atoms with Gasteiger partial charge in [-0.15, -0.1) is 11.3 Å². The van der Waals surface area contributed by atoms with E-state index >= 15 is 0 Å². The van der Waals surface area contributed by atoms with Gasteiger partial charge in [0.15, 0.2) is 0 Å². The number of amides is 1. The summed E-state index contributed by atoms with van der Waals surface area (Å²) in [4.78, 5) is 14.6.